The summed E-state index contributed by atoms with van der Waals surface area (Å²) in [5, 5.41) is 28.4. The van der Waals surface area contributed by atoms with Crippen molar-refractivity contribution in [2.45, 2.75) is 11.7 Å². The van der Waals surface area contributed by atoms with Crippen molar-refractivity contribution >= 4 is 5.97 Å². The highest BCUT2D eigenvalue weighted by atomic mass is 16.4. The van der Waals surface area contributed by atoms with Crippen LogP contribution >= 0.6 is 0 Å². The average Bonchev–Trinajstić information content (AvgIpc) is 1.95. The SMILES string of the molecule is O=C([O-])[C@@]1(O)C=CC=C[C@@H]1O. The van der Waals surface area contributed by atoms with Crippen LogP contribution in [0.25, 0.3) is 0 Å². The number of carboxylic acid groups (broad SMARTS) is 1. The van der Waals surface area contributed by atoms with Crippen LogP contribution in [0.1, 0.15) is 0 Å². The summed E-state index contributed by atoms with van der Waals surface area (Å²) in [6.45, 7) is 0. The van der Waals surface area contributed by atoms with Crippen LogP contribution in [0.3, 0.4) is 0 Å². The van der Waals surface area contributed by atoms with Crippen molar-refractivity contribution in [3.8, 4) is 0 Å². The number of aliphatic hydroxyl groups is 2. The molecule has 0 aliphatic heterocycles. The van der Waals surface area contributed by atoms with Gasteiger partial charge in [-0.2, -0.15) is 0 Å². The molecule has 60 valence electrons. The van der Waals surface area contributed by atoms with Crippen LogP contribution in [0, 0.1) is 0 Å². The van der Waals surface area contributed by atoms with E-state index in [1.54, 1.807) is 0 Å². The molecular weight excluding hydrogens is 148 g/mol. The Labute approximate surface area is 63.1 Å². The molecule has 0 fully saturated rings. The Balaban J connectivity index is 2.94. The van der Waals surface area contributed by atoms with Crippen molar-refractivity contribution < 1.29 is 20.1 Å². The second-order valence-corrected chi connectivity index (χ2v) is 2.30. The van der Waals surface area contributed by atoms with Crippen molar-refractivity contribution in [1.82, 2.24) is 0 Å². The fourth-order valence-electron chi connectivity index (χ4n) is 0.806. The van der Waals surface area contributed by atoms with Crippen LogP contribution < -0.4 is 5.11 Å². The summed E-state index contributed by atoms with van der Waals surface area (Å²) in [5.74, 6) is -1.70. The molecule has 0 spiro atoms. The number of allylic oxidation sites excluding steroid dienone is 2. The third-order valence-corrected chi connectivity index (χ3v) is 1.53. The van der Waals surface area contributed by atoms with Gasteiger partial charge in [-0.3, -0.25) is 0 Å². The smallest absolute Gasteiger partial charge is 0.152 e. The summed E-state index contributed by atoms with van der Waals surface area (Å²) in [5.41, 5.74) is -2.27. The summed E-state index contributed by atoms with van der Waals surface area (Å²) >= 11 is 0. The fraction of sp³-hybridized carbons (Fsp3) is 0.286. The van der Waals surface area contributed by atoms with E-state index in [0.29, 0.717) is 0 Å². The van der Waals surface area contributed by atoms with Gasteiger partial charge in [-0.25, -0.2) is 0 Å². The van der Waals surface area contributed by atoms with E-state index >= 15 is 0 Å². The lowest BCUT2D eigenvalue weighted by Gasteiger charge is -2.30. The number of aliphatic hydroxyl groups excluding tert-OH is 1. The van der Waals surface area contributed by atoms with Crippen LogP contribution in [-0.2, 0) is 4.79 Å². The summed E-state index contributed by atoms with van der Waals surface area (Å²) in [7, 11) is 0. The number of carbonyl (C=O) groups is 1. The summed E-state index contributed by atoms with van der Waals surface area (Å²) < 4.78 is 0. The monoisotopic (exact) mass is 155 g/mol. The third-order valence-electron chi connectivity index (χ3n) is 1.53. The minimum absolute atomic E-state index is 0.979. The Morgan fingerprint density at radius 3 is 2.55 bits per heavy atom. The van der Waals surface area contributed by atoms with E-state index in [-0.39, 0.29) is 0 Å². The van der Waals surface area contributed by atoms with Crippen molar-refractivity contribution in [2.75, 3.05) is 0 Å². The summed E-state index contributed by atoms with van der Waals surface area (Å²) in [6, 6.07) is 0. The van der Waals surface area contributed by atoms with Gasteiger partial charge in [0, 0.05) is 0 Å². The van der Waals surface area contributed by atoms with Crippen LogP contribution in [0.15, 0.2) is 24.3 Å². The van der Waals surface area contributed by atoms with E-state index in [1.807, 2.05) is 0 Å². The second-order valence-electron chi connectivity index (χ2n) is 2.30. The minimum atomic E-state index is -2.27. The molecule has 0 aromatic carbocycles. The quantitative estimate of drug-likeness (QED) is 0.457. The second kappa shape index (κ2) is 2.48. The van der Waals surface area contributed by atoms with Gasteiger partial charge < -0.3 is 20.1 Å². The van der Waals surface area contributed by atoms with E-state index in [9.17, 15) is 9.90 Å². The van der Waals surface area contributed by atoms with Gasteiger partial charge in [-0.15, -0.1) is 0 Å². The first-order valence-corrected chi connectivity index (χ1v) is 3.05. The molecule has 0 heterocycles. The Morgan fingerprint density at radius 1 is 1.55 bits per heavy atom. The topological polar surface area (TPSA) is 80.6 Å². The van der Waals surface area contributed by atoms with E-state index in [1.165, 1.54) is 18.2 Å². The number of hydrogen-bond donors (Lipinski definition) is 2. The first-order chi connectivity index (χ1) is 5.07. The largest absolute Gasteiger partial charge is 0.547 e. The molecule has 1 aliphatic rings. The third kappa shape index (κ3) is 1.18. The Hall–Kier alpha value is -1.13. The van der Waals surface area contributed by atoms with Gasteiger partial charge >= 0.3 is 0 Å². The predicted molar refractivity (Wildman–Crippen MR) is 34.2 cm³/mol. The van der Waals surface area contributed by atoms with Crippen molar-refractivity contribution in [3.05, 3.63) is 24.3 Å². The molecule has 2 N–H and O–H groups in total. The van der Waals surface area contributed by atoms with Gasteiger partial charge in [0.25, 0.3) is 0 Å². The van der Waals surface area contributed by atoms with Crippen molar-refractivity contribution in [3.63, 3.8) is 0 Å². The maximum Gasteiger partial charge on any atom is 0.152 e. The van der Waals surface area contributed by atoms with Crippen LogP contribution in [-0.4, -0.2) is 27.9 Å². The number of hydrogen-bond acceptors (Lipinski definition) is 4. The van der Waals surface area contributed by atoms with E-state index in [4.69, 9.17) is 10.2 Å². The zero-order chi connectivity index (χ0) is 8.48. The molecule has 4 nitrogen and oxygen atoms in total. The molecule has 4 heteroatoms. The molecule has 2 atom stereocenters. The molecular formula is C7H7O4-. The highest BCUT2D eigenvalue weighted by molar-refractivity contribution is 5.79. The Kier molecular flexibility index (Phi) is 1.80. The predicted octanol–water partition coefficient (Wildman–Crippen LogP) is -2.05. The molecule has 0 saturated carbocycles. The number of carboxylic acids is 1. The molecule has 1 aliphatic carbocycles. The lowest BCUT2D eigenvalue weighted by atomic mass is 9.93. The first-order valence-electron chi connectivity index (χ1n) is 3.05. The molecule has 0 aromatic rings. The Morgan fingerprint density at radius 2 is 2.18 bits per heavy atom. The van der Waals surface area contributed by atoms with Crippen molar-refractivity contribution in [1.29, 1.82) is 0 Å². The van der Waals surface area contributed by atoms with E-state index in [2.05, 4.69) is 0 Å². The van der Waals surface area contributed by atoms with Gasteiger partial charge in [-0.1, -0.05) is 18.2 Å². The first kappa shape index (κ1) is 7.97. The van der Waals surface area contributed by atoms with Gasteiger partial charge in [0.2, 0.25) is 0 Å². The summed E-state index contributed by atoms with van der Waals surface area (Å²) in [4.78, 5) is 10.3. The highest BCUT2D eigenvalue weighted by Crippen LogP contribution is 2.16. The standard InChI is InChI=1S/C7H8O4/c8-5-3-1-2-4-7(5,11)6(9)10/h1-5,8,11H,(H,9,10)/p-1/t5-,7+/m0/s1. The molecule has 0 saturated heterocycles. The molecule has 0 unspecified atom stereocenters. The van der Waals surface area contributed by atoms with Gasteiger partial charge in [0.15, 0.2) is 5.60 Å². The zero-order valence-corrected chi connectivity index (χ0v) is 5.60. The number of carbonyl (C=O) groups excluding carboxylic acids is 1. The Bertz CT molecular complexity index is 231. The molecule has 1 rings (SSSR count). The number of rotatable bonds is 1. The lowest BCUT2D eigenvalue weighted by Crippen LogP contribution is -2.54. The van der Waals surface area contributed by atoms with Crippen LogP contribution in [0.2, 0.25) is 0 Å². The van der Waals surface area contributed by atoms with Crippen LogP contribution in [0.5, 0.6) is 0 Å². The summed E-state index contributed by atoms with van der Waals surface area (Å²) in [6.07, 6.45) is 3.51. The molecule has 0 amide bonds. The number of aliphatic carboxylic acids is 1. The van der Waals surface area contributed by atoms with E-state index < -0.39 is 17.7 Å². The van der Waals surface area contributed by atoms with Gasteiger partial charge in [-0.05, 0) is 6.08 Å². The normalized spacial score (nSPS) is 35.6. The molecule has 0 radical (unpaired) electrons. The molecule has 0 aromatic heterocycles. The fourth-order valence-corrected chi connectivity index (χ4v) is 0.806. The maximum atomic E-state index is 10.3. The van der Waals surface area contributed by atoms with Crippen LogP contribution in [0.4, 0.5) is 0 Å². The maximum absolute atomic E-state index is 10.3. The van der Waals surface area contributed by atoms with Gasteiger partial charge in [0.1, 0.15) is 6.10 Å². The van der Waals surface area contributed by atoms with E-state index in [0.717, 1.165) is 6.08 Å². The van der Waals surface area contributed by atoms with Gasteiger partial charge in [0.05, 0.1) is 5.97 Å². The molecule has 11 heavy (non-hydrogen) atoms. The lowest BCUT2D eigenvalue weighted by molar-refractivity contribution is -0.324. The highest BCUT2D eigenvalue weighted by Gasteiger charge is 2.33. The zero-order valence-electron chi connectivity index (χ0n) is 5.60. The van der Waals surface area contributed by atoms with Crippen molar-refractivity contribution in [2.24, 2.45) is 0 Å². The molecule has 0 bridgehead atoms. The average molecular weight is 155 g/mol. The minimum Gasteiger partial charge on any atom is -0.547 e.